The van der Waals surface area contributed by atoms with E-state index in [1.807, 2.05) is 25.3 Å². The molecule has 0 unspecified atom stereocenters. The summed E-state index contributed by atoms with van der Waals surface area (Å²) in [6, 6.07) is 3.98. The molecular weight excluding hydrogens is 290 g/mol. The average Bonchev–Trinajstić information content (AvgIpc) is 3.32. The highest BCUT2D eigenvalue weighted by Crippen LogP contribution is 2.40. The summed E-state index contributed by atoms with van der Waals surface area (Å²) in [4.78, 5) is 11.1. The molecule has 2 aromatic heterocycles. The van der Waals surface area contributed by atoms with Crippen molar-refractivity contribution in [2.45, 2.75) is 51.2 Å². The number of oxazole rings is 1. The zero-order valence-electron chi connectivity index (χ0n) is 13.6. The fraction of sp³-hybridized carbons (Fsp3) is 0.556. The first-order valence-electron chi connectivity index (χ1n) is 8.53. The van der Waals surface area contributed by atoms with Crippen molar-refractivity contribution in [3.8, 4) is 5.88 Å². The van der Waals surface area contributed by atoms with Gasteiger partial charge in [0, 0.05) is 30.8 Å². The van der Waals surface area contributed by atoms with E-state index in [-0.39, 0.29) is 6.10 Å². The van der Waals surface area contributed by atoms with E-state index < -0.39 is 0 Å². The van der Waals surface area contributed by atoms with Gasteiger partial charge in [-0.05, 0) is 38.7 Å². The summed E-state index contributed by atoms with van der Waals surface area (Å²) in [7, 11) is 0. The monoisotopic (exact) mass is 313 g/mol. The Morgan fingerprint density at radius 3 is 2.78 bits per heavy atom. The zero-order valence-corrected chi connectivity index (χ0v) is 13.6. The summed E-state index contributed by atoms with van der Waals surface area (Å²) >= 11 is 0. The molecule has 1 aliphatic heterocycles. The summed E-state index contributed by atoms with van der Waals surface area (Å²) < 4.78 is 11.9. The van der Waals surface area contributed by atoms with E-state index in [1.165, 1.54) is 12.8 Å². The van der Waals surface area contributed by atoms with Crippen molar-refractivity contribution in [2.75, 3.05) is 13.1 Å². The molecular formula is C18H23N3O2. The number of pyridine rings is 1. The Morgan fingerprint density at radius 1 is 1.22 bits per heavy atom. The van der Waals surface area contributed by atoms with Gasteiger partial charge in [-0.3, -0.25) is 4.90 Å². The van der Waals surface area contributed by atoms with Crippen LogP contribution in [0.3, 0.4) is 0 Å². The van der Waals surface area contributed by atoms with Crippen LogP contribution in [0.25, 0.3) is 0 Å². The van der Waals surface area contributed by atoms with Crippen LogP contribution < -0.4 is 4.74 Å². The second kappa shape index (κ2) is 6.32. The molecule has 2 aromatic rings. The lowest BCUT2D eigenvalue weighted by Crippen LogP contribution is -2.38. The molecule has 2 fully saturated rings. The minimum atomic E-state index is 0.256. The van der Waals surface area contributed by atoms with Gasteiger partial charge < -0.3 is 9.15 Å². The standard InChI is InChI=1S/C18H23N3O2/c1-13-3-2-8-19-18(13)22-15-6-9-21(10-7-15)12-17-20-11-16(23-17)14-4-5-14/h2-3,8,11,14-15H,4-7,9-10,12H2,1H3. The molecule has 5 heteroatoms. The van der Waals surface area contributed by atoms with Gasteiger partial charge in [0.05, 0.1) is 12.7 Å². The van der Waals surface area contributed by atoms with Crippen molar-refractivity contribution in [1.29, 1.82) is 0 Å². The number of ether oxygens (including phenoxy) is 1. The number of hydrogen-bond acceptors (Lipinski definition) is 5. The molecule has 0 amide bonds. The van der Waals surface area contributed by atoms with E-state index in [0.29, 0.717) is 5.92 Å². The van der Waals surface area contributed by atoms with E-state index in [2.05, 4.69) is 14.9 Å². The van der Waals surface area contributed by atoms with E-state index >= 15 is 0 Å². The van der Waals surface area contributed by atoms with Crippen LogP contribution in [-0.4, -0.2) is 34.1 Å². The maximum Gasteiger partial charge on any atom is 0.216 e. The van der Waals surface area contributed by atoms with Crippen LogP contribution in [0.2, 0.25) is 0 Å². The SMILES string of the molecule is Cc1cccnc1OC1CCN(Cc2ncc(C3CC3)o2)CC1. The second-order valence-electron chi connectivity index (χ2n) is 6.65. The Balaban J connectivity index is 1.27. The molecule has 1 saturated heterocycles. The van der Waals surface area contributed by atoms with Crippen molar-refractivity contribution in [1.82, 2.24) is 14.9 Å². The molecule has 1 aliphatic carbocycles. The Labute approximate surface area is 136 Å². The molecule has 0 aromatic carbocycles. The number of hydrogen-bond donors (Lipinski definition) is 0. The predicted molar refractivity (Wildman–Crippen MR) is 86.4 cm³/mol. The van der Waals surface area contributed by atoms with Crippen molar-refractivity contribution in [3.05, 3.63) is 41.7 Å². The molecule has 0 N–H and O–H groups in total. The van der Waals surface area contributed by atoms with Crippen LogP contribution in [0.1, 0.15) is 48.8 Å². The number of likely N-dealkylation sites (tertiary alicyclic amines) is 1. The van der Waals surface area contributed by atoms with Gasteiger partial charge in [-0.2, -0.15) is 0 Å². The Morgan fingerprint density at radius 2 is 2.04 bits per heavy atom. The lowest BCUT2D eigenvalue weighted by atomic mass is 10.1. The molecule has 0 bridgehead atoms. The van der Waals surface area contributed by atoms with Gasteiger partial charge in [0.1, 0.15) is 11.9 Å². The van der Waals surface area contributed by atoms with Gasteiger partial charge in [0.25, 0.3) is 0 Å². The quantitative estimate of drug-likeness (QED) is 0.847. The number of rotatable bonds is 5. The van der Waals surface area contributed by atoms with E-state index in [0.717, 1.165) is 55.6 Å². The highest BCUT2D eigenvalue weighted by Gasteiger charge is 2.28. The topological polar surface area (TPSA) is 51.4 Å². The summed E-state index contributed by atoms with van der Waals surface area (Å²) in [5.74, 6) is 3.33. The van der Waals surface area contributed by atoms with Gasteiger partial charge in [-0.1, -0.05) is 6.07 Å². The Hall–Kier alpha value is -1.88. The van der Waals surface area contributed by atoms with Gasteiger partial charge in [-0.15, -0.1) is 0 Å². The molecule has 0 radical (unpaired) electrons. The second-order valence-corrected chi connectivity index (χ2v) is 6.65. The lowest BCUT2D eigenvalue weighted by molar-refractivity contribution is 0.0877. The molecule has 2 aliphatic rings. The first kappa shape index (κ1) is 14.7. The molecule has 4 rings (SSSR count). The van der Waals surface area contributed by atoms with E-state index in [9.17, 15) is 0 Å². The van der Waals surface area contributed by atoms with Crippen LogP contribution in [0.5, 0.6) is 5.88 Å². The average molecular weight is 313 g/mol. The van der Waals surface area contributed by atoms with Crippen molar-refractivity contribution < 1.29 is 9.15 Å². The lowest BCUT2D eigenvalue weighted by Gasteiger charge is -2.31. The Bertz CT molecular complexity index is 658. The van der Waals surface area contributed by atoms with Gasteiger partial charge >= 0.3 is 0 Å². The van der Waals surface area contributed by atoms with E-state index in [1.54, 1.807) is 6.20 Å². The largest absolute Gasteiger partial charge is 0.474 e. The highest BCUT2D eigenvalue weighted by atomic mass is 16.5. The van der Waals surface area contributed by atoms with E-state index in [4.69, 9.17) is 9.15 Å². The van der Waals surface area contributed by atoms with Crippen molar-refractivity contribution in [3.63, 3.8) is 0 Å². The van der Waals surface area contributed by atoms with Gasteiger partial charge in [0.2, 0.25) is 11.8 Å². The summed E-state index contributed by atoms with van der Waals surface area (Å²) in [6.45, 7) is 4.87. The first-order valence-corrected chi connectivity index (χ1v) is 8.53. The minimum Gasteiger partial charge on any atom is -0.474 e. The highest BCUT2D eigenvalue weighted by molar-refractivity contribution is 5.23. The van der Waals surface area contributed by atoms with Crippen LogP contribution in [0, 0.1) is 6.92 Å². The number of piperidine rings is 1. The van der Waals surface area contributed by atoms with Gasteiger partial charge in [0.15, 0.2) is 0 Å². The molecule has 0 spiro atoms. The minimum absolute atomic E-state index is 0.256. The molecule has 3 heterocycles. The fourth-order valence-corrected chi connectivity index (χ4v) is 3.08. The predicted octanol–water partition coefficient (Wildman–Crippen LogP) is 3.30. The van der Waals surface area contributed by atoms with Crippen molar-refractivity contribution in [2.24, 2.45) is 0 Å². The number of aromatic nitrogens is 2. The maximum absolute atomic E-state index is 6.05. The maximum atomic E-state index is 6.05. The van der Waals surface area contributed by atoms with Crippen LogP contribution in [0.4, 0.5) is 0 Å². The van der Waals surface area contributed by atoms with Gasteiger partial charge in [-0.25, -0.2) is 9.97 Å². The van der Waals surface area contributed by atoms with Crippen LogP contribution >= 0.6 is 0 Å². The third-order valence-electron chi connectivity index (χ3n) is 4.68. The van der Waals surface area contributed by atoms with Crippen LogP contribution in [0.15, 0.2) is 28.9 Å². The third-order valence-corrected chi connectivity index (χ3v) is 4.68. The Kier molecular flexibility index (Phi) is 4.04. The first-order chi connectivity index (χ1) is 11.3. The molecule has 0 atom stereocenters. The molecule has 122 valence electrons. The number of nitrogens with zero attached hydrogens (tertiary/aromatic N) is 3. The van der Waals surface area contributed by atoms with Crippen LogP contribution in [-0.2, 0) is 6.54 Å². The molecule has 5 nitrogen and oxygen atoms in total. The number of aryl methyl sites for hydroxylation is 1. The summed E-state index contributed by atoms with van der Waals surface area (Å²) in [5.41, 5.74) is 1.10. The smallest absolute Gasteiger partial charge is 0.216 e. The summed E-state index contributed by atoms with van der Waals surface area (Å²) in [6.07, 6.45) is 8.50. The molecule has 23 heavy (non-hydrogen) atoms. The third kappa shape index (κ3) is 3.55. The molecule has 1 saturated carbocycles. The normalized spacial score (nSPS) is 19.9. The summed E-state index contributed by atoms with van der Waals surface area (Å²) in [5, 5.41) is 0. The fourth-order valence-electron chi connectivity index (χ4n) is 3.08. The zero-order chi connectivity index (χ0) is 15.6. The van der Waals surface area contributed by atoms with Crippen molar-refractivity contribution >= 4 is 0 Å².